The van der Waals surface area contributed by atoms with Gasteiger partial charge in [-0.1, -0.05) is 44.0 Å². The predicted octanol–water partition coefficient (Wildman–Crippen LogP) is 6.19. The zero-order valence-electron chi connectivity index (χ0n) is 22.7. The van der Waals surface area contributed by atoms with Gasteiger partial charge in [-0.05, 0) is 38.0 Å². The molecule has 0 spiro atoms. The van der Waals surface area contributed by atoms with Crippen LogP contribution in [-0.4, -0.2) is 62.6 Å². The Kier molecular flexibility index (Phi) is 9.15. The number of rotatable bonds is 8. The van der Waals surface area contributed by atoms with Crippen LogP contribution in [0.1, 0.15) is 85.8 Å². The number of hydrogen-bond acceptors (Lipinski definition) is 6. The molecule has 14 heteroatoms. The lowest BCUT2D eigenvalue weighted by molar-refractivity contribution is -0.152. The Morgan fingerprint density at radius 3 is 2.27 bits per heavy atom. The van der Waals surface area contributed by atoms with Gasteiger partial charge >= 0.3 is 12.1 Å². The number of hydrogen-bond donors (Lipinski definition) is 1. The van der Waals surface area contributed by atoms with Crippen LogP contribution < -0.4 is 4.74 Å². The van der Waals surface area contributed by atoms with Crippen molar-refractivity contribution in [1.29, 1.82) is 0 Å². The van der Waals surface area contributed by atoms with E-state index in [1.165, 1.54) is 7.11 Å². The summed E-state index contributed by atoms with van der Waals surface area (Å²) in [7, 11) is 1.29. The highest BCUT2D eigenvalue weighted by atomic mass is 35.5. The molecular weight excluding hydrogens is 576 g/mol. The molecule has 1 saturated carbocycles. The Labute approximate surface area is 239 Å². The molecule has 3 rings (SSSR count). The number of carbonyl (C=O) groups excluding carboxylic acids is 2. The standard InChI is InChI=1S/C26H31Cl2F3N4O5/c1-24(2,3)13-34(12-17(36)18-16(27)11-32-21(40-5)19(18)28)22(37)15-10-33-35(20(15)26(29,30)31)14-6-8-25(4,9-7-14)23(38)39/h10-11,14H,6-9,12-13H2,1-5H3,(H,38,39). The van der Waals surface area contributed by atoms with Crippen molar-refractivity contribution < 1.29 is 37.4 Å². The van der Waals surface area contributed by atoms with Gasteiger partial charge in [-0.25, -0.2) is 4.98 Å². The Morgan fingerprint density at radius 2 is 1.77 bits per heavy atom. The van der Waals surface area contributed by atoms with E-state index in [-0.39, 0.29) is 53.7 Å². The lowest BCUT2D eigenvalue weighted by atomic mass is 9.74. The van der Waals surface area contributed by atoms with Gasteiger partial charge < -0.3 is 14.7 Å². The maximum atomic E-state index is 14.4. The summed E-state index contributed by atoms with van der Waals surface area (Å²) in [4.78, 5) is 43.5. The number of nitrogens with zero attached hydrogens (tertiary/aromatic N) is 4. The maximum Gasteiger partial charge on any atom is 0.433 e. The number of ketones is 1. The summed E-state index contributed by atoms with van der Waals surface area (Å²) < 4.78 is 49.0. The summed E-state index contributed by atoms with van der Waals surface area (Å²) >= 11 is 12.4. The van der Waals surface area contributed by atoms with Crippen molar-refractivity contribution in [1.82, 2.24) is 19.7 Å². The van der Waals surface area contributed by atoms with E-state index in [0.717, 1.165) is 22.0 Å². The van der Waals surface area contributed by atoms with Gasteiger partial charge in [-0.2, -0.15) is 18.3 Å². The van der Waals surface area contributed by atoms with E-state index in [2.05, 4.69) is 10.1 Å². The highest BCUT2D eigenvalue weighted by Crippen LogP contribution is 2.43. The van der Waals surface area contributed by atoms with Crippen molar-refractivity contribution in [3.8, 4) is 5.88 Å². The molecule has 0 saturated heterocycles. The van der Waals surface area contributed by atoms with Crippen LogP contribution in [0.25, 0.3) is 0 Å². The molecule has 0 bridgehead atoms. The Hall–Kier alpha value is -2.86. The first-order chi connectivity index (χ1) is 18.4. The van der Waals surface area contributed by atoms with Gasteiger partial charge in [0, 0.05) is 6.54 Å². The molecule has 2 aromatic heterocycles. The van der Waals surface area contributed by atoms with E-state index in [1.54, 1.807) is 27.7 Å². The highest BCUT2D eigenvalue weighted by molar-refractivity contribution is 6.40. The SMILES string of the molecule is COc1ncc(Cl)c(C(=O)CN(CC(C)(C)C)C(=O)c2cnn(C3CCC(C)(C(=O)O)CC3)c2C(F)(F)F)c1Cl. The number of alkyl halides is 3. The van der Waals surface area contributed by atoms with Crippen LogP contribution in [0.3, 0.4) is 0 Å². The fourth-order valence-corrected chi connectivity index (χ4v) is 5.45. The van der Waals surface area contributed by atoms with E-state index >= 15 is 0 Å². The third kappa shape index (κ3) is 6.71. The van der Waals surface area contributed by atoms with Crippen LogP contribution in [0.4, 0.5) is 13.2 Å². The highest BCUT2D eigenvalue weighted by Gasteiger charge is 2.45. The topological polar surface area (TPSA) is 115 Å². The summed E-state index contributed by atoms with van der Waals surface area (Å²) in [6.45, 7) is 6.17. The van der Waals surface area contributed by atoms with E-state index in [1.807, 2.05) is 0 Å². The molecule has 1 aliphatic rings. The molecule has 2 heterocycles. The third-order valence-corrected chi connectivity index (χ3v) is 7.55. The van der Waals surface area contributed by atoms with Crippen molar-refractivity contribution in [2.45, 2.75) is 65.6 Å². The number of methoxy groups -OCH3 is 1. The molecule has 1 aliphatic carbocycles. The number of ether oxygens (including phenoxy) is 1. The number of aromatic nitrogens is 3. The summed E-state index contributed by atoms with van der Waals surface area (Å²) in [5.74, 6) is -2.83. The summed E-state index contributed by atoms with van der Waals surface area (Å²) in [6.07, 6.45) is -2.33. The Balaban J connectivity index is 2.00. The van der Waals surface area contributed by atoms with Gasteiger partial charge in [0.15, 0.2) is 11.5 Å². The molecule has 220 valence electrons. The number of aliphatic carboxylic acids is 1. The fourth-order valence-electron chi connectivity index (χ4n) is 4.82. The van der Waals surface area contributed by atoms with E-state index < -0.39 is 58.5 Å². The quantitative estimate of drug-likeness (QED) is 0.356. The lowest BCUT2D eigenvalue weighted by Gasteiger charge is -2.34. The average Bonchev–Trinajstić information content (AvgIpc) is 3.29. The number of halogens is 5. The van der Waals surface area contributed by atoms with Crippen molar-refractivity contribution in [2.24, 2.45) is 10.8 Å². The second-order valence-corrected chi connectivity index (χ2v) is 12.2. The molecule has 0 radical (unpaired) electrons. The second kappa shape index (κ2) is 11.6. The number of carbonyl (C=O) groups is 3. The molecule has 2 aromatic rings. The van der Waals surface area contributed by atoms with Crippen LogP contribution in [-0.2, 0) is 11.0 Å². The molecule has 0 atom stereocenters. The monoisotopic (exact) mass is 606 g/mol. The molecule has 0 aromatic carbocycles. The van der Waals surface area contributed by atoms with Crippen LogP contribution in [0.2, 0.25) is 10.0 Å². The van der Waals surface area contributed by atoms with Gasteiger partial charge in [-0.3, -0.25) is 19.1 Å². The zero-order valence-corrected chi connectivity index (χ0v) is 24.2. The fraction of sp³-hybridized carbons (Fsp3) is 0.577. The van der Waals surface area contributed by atoms with Gasteiger partial charge in [0.2, 0.25) is 5.88 Å². The molecule has 40 heavy (non-hydrogen) atoms. The van der Waals surface area contributed by atoms with Gasteiger partial charge in [0.05, 0.1) is 53.7 Å². The van der Waals surface area contributed by atoms with Crippen molar-refractivity contribution in [2.75, 3.05) is 20.2 Å². The van der Waals surface area contributed by atoms with Gasteiger partial charge in [0.1, 0.15) is 5.02 Å². The van der Waals surface area contributed by atoms with Crippen molar-refractivity contribution in [3.63, 3.8) is 0 Å². The van der Waals surface area contributed by atoms with Crippen LogP contribution >= 0.6 is 23.2 Å². The first-order valence-corrected chi connectivity index (χ1v) is 13.2. The van der Waals surface area contributed by atoms with E-state index in [0.29, 0.717) is 0 Å². The minimum atomic E-state index is -4.95. The zero-order chi connectivity index (χ0) is 30.2. The van der Waals surface area contributed by atoms with Crippen molar-refractivity contribution in [3.05, 3.63) is 39.3 Å². The minimum absolute atomic E-state index is 0.0715. The normalized spacial score (nSPS) is 19.8. The minimum Gasteiger partial charge on any atom is -0.481 e. The first-order valence-electron chi connectivity index (χ1n) is 12.5. The average molecular weight is 607 g/mol. The van der Waals surface area contributed by atoms with Gasteiger partial charge in [-0.15, -0.1) is 0 Å². The number of pyridine rings is 1. The Bertz CT molecular complexity index is 1300. The number of carboxylic acid groups (broad SMARTS) is 1. The molecule has 0 unspecified atom stereocenters. The van der Waals surface area contributed by atoms with E-state index in [4.69, 9.17) is 27.9 Å². The largest absolute Gasteiger partial charge is 0.481 e. The molecule has 9 nitrogen and oxygen atoms in total. The van der Waals surface area contributed by atoms with Crippen molar-refractivity contribution >= 4 is 40.9 Å². The molecule has 1 amide bonds. The molecule has 0 aliphatic heterocycles. The molecule has 1 N–H and O–H groups in total. The third-order valence-electron chi connectivity index (χ3n) is 6.92. The van der Waals surface area contributed by atoms with Crippen LogP contribution in [0.5, 0.6) is 5.88 Å². The number of carboxylic acids is 1. The number of Topliss-reactive ketones (excluding diaryl/α,β-unsaturated/α-hetero) is 1. The predicted molar refractivity (Wildman–Crippen MR) is 141 cm³/mol. The smallest absolute Gasteiger partial charge is 0.433 e. The van der Waals surface area contributed by atoms with Crippen LogP contribution in [0, 0.1) is 10.8 Å². The number of amides is 1. The Morgan fingerprint density at radius 1 is 1.18 bits per heavy atom. The maximum absolute atomic E-state index is 14.4. The van der Waals surface area contributed by atoms with Crippen LogP contribution in [0.15, 0.2) is 12.4 Å². The summed E-state index contributed by atoms with van der Waals surface area (Å²) in [6, 6.07) is -0.745. The van der Waals surface area contributed by atoms with Gasteiger partial charge in [0.25, 0.3) is 5.91 Å². The molecular formula is C26H31Cl2F3N4O5. The summed E-state index contributed by atoms with van der Waals surface area (Å²) in [5.41, 5.74) is -3.76. The lowest BCUT2D eigenvalue weighted by Crippen LogP contribution is -2.42. The summed E-state index contributed by atoms with van der Waals surface area (Å²) in [5, 5.41) is 13.1. The first kappa shape index (κ1) is 31.7. The second-order valence-electron chi connectivity index (χ2n) is 11.4. The van der Waals surface area contributed by atoms with E-state index in [9.17, 15) is 32.7 Å². The molecule has 1 fully saturated rings.